The lowest BCUT2D eigenvalue weighted by Gasteiger charge is -2.17. The van der Waals surface area contributed by atoms with E-state index in [2.05, 4.69) is 15.1 Å². The maximum Gasteiger partial charge on any atom is 0.293 e. The van der Waals surface area contributed by atoms with E-state index in [0.29, 0.717) is 22.8 Å². The van der Waals surface area contributed by atoms with E-state index in [-0.39, 0.29) is 16.5 Å². The minimum atomic E-state index is -0.368. The number of nitro groups is 1. The summed E-state index contributed by atoms with van der Waals surface area (Å²) in [5.74, 6) is 0.582. The maximum atomic E-state index is 11.5. The molecule has 8 heteroatoms. The second-order valence-electron chi connectivity index (χ2n) is 5.79. The van der Waals surface area contributed by atoms with Crippen LogP contribution in [0.25, 0.3) is 23.0 Å². The Morgan fingerprint density at radius 2 is 2.00 bits per heavy atom. The number of hydrogen-bond acceptors (Lipinski definition) is 7. The van der Waals surface area contributed by atoms with Crippen molar-refractivity contribution in [3.8, 4) is 23.0 Å². The van der Waals surface area contributed by atoms with Crippen LogP contribution in [0.15, 0.2) is 47.1 Å². The summed E-state index contributed by atoms with van der Waals surface area (Å²) in [6, 6.07) is 10.4. The number of pyridine rings is 1. The van der Waals surface area contributed by atoms with E-state index < -0.39 is 0 Å². The molecular weight excluding hydrogens is 322 g/mol. The second kappa shape index (κ2) is 6.31. The predicted octanol–water partition coefficient (Wildman–Crippen LogP) is 3.31. The van der Waals surface area contributed by atoms with Gasteiger partial charge < -0.3 is 9.42 Å². The summed E-state index contributed by atoms with van der Waals surface area (Å²) in [6.45, 7) is 1.68. The van der Waals surface area contributed by atoms with E-state index in [0.717, 1.165) is 25.9 Å². The smallest absolute Gasteiger partial charge is 0.293 e. The summed E-state index contributed by atoms with van der Waals surface area (Å²) < 4.78 is 5.27. The van der Waals surface area contributed by atoms with Gasteiger partial charge in [0.1, 0.15) is 11.4 Å². The summed E-state index contributed by atoms with van der Waals surface area (Å²) >= 11 is 0. The molecule has 1 fully saturated rings. The van der Waals surface area contributed by atoms with Crippen LogP contribution in [0, 0.1) is 10.1 Å². The van der Waals surface area contributed by atoms with Crippen LogP contribution in [0.1, 0.15) is 12.8 Å². The van der Waals surface area contributed by atoms with Crippen LogP contribution in [-0.2, 0) is 0 Å². The number of hydrogen-bond donors (Lipinski definition) is 0. The highest BCUT2D eigenvalue weighted by Gasteiger charge is 2.24. The van der Waals surface area contributed by atoms with Gasteiger partial charge in [0, 0.05) is 30.9 Å². The Hall–Kier alpha value is -3.29. The standard InChI is InChI=1S/C17H15N5O3/c23-22(24)15-11-12(6-7-14(15)21-9-3-4-10-21)17-19-16(20-25-17)13-5-1-2-8-18-13/h1-2,5-8,11H,3-4,9-10H2. The van der Waals surface area contributed by atoms with Crippen LogP contribution in [0.3, 0.4) is 0 Å². The van der Waals surface area contributed by atoms with Gasteiger partial charge in [0.15, 0.2) is 0 Å². The zero-order valence-electron chi connectivity index (χ0n) is 13.3. The number of rotatable bonds is 4. The molecule has 4 rings (SSSR count). The zero-order chi connectivity index (χ0) is 17.2. The highest BCUT2D eigenvalue weighted by Crippen LogP contribution is 2.34. The Bertz CT molecular complexity index is 904. The Labute approximate surface area is 143 Å². The summed E-state index contributed by atoms with van der Waals surface area (Å²) in [6.07, 6.45) is 3.74. The van der Waals surface area contributed by atoms with E-state index >= 15 is 0 Å². The van der Waals surface area contributed by atoms with Crippen LogP contribution < -0.4 is 4.90 Å². The molecule has 0 radical (unpaired) electrons. The van der Waals surface area contributed by atoms with Gasteiger partial charge in [0.05, 0.1) is 4.92 Å². The van der Waals surface area contributed by atoms with Crippen LogP contribution >= 0.6 is 0 Å². The molecule has 0 aliphatic carbocycles. The van der Waals surface area contributed by atoms with E-state index in [1.54, 1.807) is 30.5 Å². The molecule has 0 amide bonds. The third kappa shape index (κ3) is 2.93. The van der Waals surface area contributed by atoms with Crippen molar-refractivity contribution in [2.75, 3.05) is 18.0 Å². The van der Waals surface area contributed by atoms with Crippen molar-refractivity contribution in [1.82, 2.24) is 15.1 Å². The number of aromatic nitrogens is 3. The van der Waals surface area contributed by atoms with E-state index in [4.69, 9.17) is 4.52 Å². The van der Waals surface area contributed by atoms with E-state index in [1.165, 1.54) is 6.07 Å². The molecule has 1 aliphatic rings. The molecule has 126 valence electrons. The first kappa shape index (κ1) is 15.3. The summed E-state index contributed by atoms with van der Waals surface area (Å²) in [4.78, 5) is 21.6. The molecule has 3 aromatic rings. The van der Waals surface area contributed by atoms with Crippen LogP contribution in [0.4, 0.5) is 11.4 Å². The van der Waals surface area contributed by atoms with Crippen LogP contribution in [0.5, 0.6) is 0 Å². The largest absolute Gasteiger partial charge is 0.366 e. The van der Waals surface area contributed by atoms with Crippen LogP contribution in [-0.4, -0.2) is 33.1 Å². The molecule has 8 nitrogen and oxygen atoms in total. The highest BCUT2D eigenvalue weighted by atomic mass is 16.6. The average molecular weight is 337 g/mol. The summed E-state index contributed by atoms with van der Waals surface area (Å²) in [7, 11) is 0. The van der Waals surface area contributed by atoms with Gasteiger partial charge >= 0.3 is 0 Å². The van der Waals surface area contributed by atoms with Gasteiger partial charge in [-0.05, 0) is 37.1 Å². The first-order valence-corrected chi connectivity index (χ1v) is 8.01. The van der Waals surface area contributed by atoms with Gasteiger partial charge in [0.25, 0.3) is 11.6 Å². The fourth-order valence-corrected chi connectivity index (χ4v) is 2.97. The fourth-order valence-electron chi connectivity index (χ4n) is 2.97. The number of nitro benzene ring substituents is 1. The van der Waals surface area contributed by atoms with Gasteiger partial charge in [0.2, 0.25) is 5.82 Å². The SMILES string of the molecule is O=[N+]([O-])c1cc(-c2nc(-c3ccccn3)no2)ccc1N1CCCC1. The first-order valence-electron chi connectivity index (χ1n) is 8.01. The van der Waals surface area contributed by atoms with Crippen molar-refractivity contribution in [1.29, 1.82) is 0 Å². The predicted molar refractivity (Wildman–Crippen MR) is 91.1 cm³/mol. The average Bonchev–Trinajstić information content (AvgIpc) is 3.34. The van der Waals surface area contributed by atoms with Gasteiger partial charge in [-0.15, -0.1) is 0 Å². The topological polar surface area (TPSA) is 98.2 Å². The number of benzene rings is 1. The fraction of sp³-hybridized carbons (Fsp3) is 0.235. The molecular formula is C17H15N5O3. The van der Waals surface area contributed by atoms with Crippen molar-refractivity contribution >= 4 is 11.4 Å². The lowest BCUT2D eigenvalue weighted by molar-refractivity contribution is -0.384. The Morgan fingerprint density at radius 1 is 1.16 bits per heavy atom. The molecule has 0 unspecified atom stereocenters. The minimum Gasteiger partial charge on any atom is -0.366 e. The highest BCUT2D eigenvalue weighted by molar-refractivity contribution is 5.71. The van der Waals surface area contributed by atoms with Crippen molar-refractivity contribution in [2.45, 2.75) is 12.8 Å². The molecule has 1 aliphatic heterocycles. The lowest BCUT2D eigenvalue weighted by Crippen LogP contribution is -2.18. The molecule has 3 heterocycles. The number of anilines is 1. The van der Waals surface area contributed by atoms with Gasteiger partial charge in [-0.2, -0.15) is 4.98 Å². The Kier molecular flexibility index (Phi) is 3.85. The summed E-state index contributed by atoms with van der Waals surface area (Å²) in [5.41, 5.74) is 1.79. The zero-order valence-corrected chi connectivity index (χ0v) is 13.3. The van der Waals surface area contributed by atoms with Crippen molar-refractivity contribution < 1.29 is 9.45 Å². The van der Waals surface area contributed by atoms with Crippen molar-refractivity contribution in [3.05, 3.63) is 52.7 Å². The molecule has 25 heavy (non-hydrogen) atoms. The maximum absolute atomic E-state index is 11.5. The summed E-state index contributed by atoms with van der Waals surface area (Å²) in [5, 5.41) is 15.4. The third-order valence-corrected chi connectivity index (χ3v) is 4.19. The van der Waals surface area contributed by atoms with Gasteiger partial charge in [-0.3, -0.25) is 15.1 Å². The van der Waals surface area contributed by atoms with Gasteiger partial charge in [-0.25, -0.2) is 0 Å². The van der Waals surface area contributed by atoms with E-state index in [9.17, 15) is 10.1 Å². The molecule has 2 aromatic heterocycles. The Balaban J connectivity index is 1.70. The lowest BCUT2D eigenvalue weighted by atomic mass is 10.1. The molecule has 0 atom stereocenters. The number of nitrogens with zero attached hydrogens (tertiary/aromatic N) is 5. The monoisotopic (exact) mass is 337 g/mol. The Morgan fingerprint density at radius 3 is 2.72 bits per heavy atom. The second-order valence-corrected chi connectivity index (χ2v) is 5.79. The molecule has 1 saturated heterocycles. The molecule has 0 bridgehead atoms. The molecule has 1 aromatic carbocycles. The normalized spacial score (nSPS) is 14.0. The van der Waals surface area contributed by atoms with Crippen molar-refractivity contribution in [3.63, 3.8) is 0 Å². The molecule has 0 N–H and O–H groups in total. The minimum absolute atomic E-state index is 0.0528. The molecule has 0 saturated carbocycles. The quantitative estimate of drug-likeness (QED) is 0.532. The molecule has 0 spiro atoms. The van der Waals surface area contributed by atoms with Crippen molar-refractivity contribution in [2.24, 2.45) is 0 Å². The van der Waals surface area contributed by atoms with Gasteiger partial charge in [-0.1, -0.05) is 11.2 Å². The first-order chi connectivity index (χ1) is 12.2. The van der Waals surface area contributed by atoms with Crippen LogP contribution in [0.2, 0.25) is 0 Å². The van der Waals surface area contributed by atoms with E-state index in [1.807, 2.05) is 11.0 Å². The third-order valence-electron chi connectivity index (χ3n) is 4.19.